The zero-order valence-electron chi connectivity index (χ0n) is 17.3. The highest BCUT2D eigenvalue weighted by molar-refractivity contribution is 6.05. The monoisotopic (exact) mass is 380 g/mol. The number of aryl methyl sites for hydroxylation is 1. The van der Waals surface area contributed by atoms with E-state index in [1.54, 1.807) is 6.20 Å². The van der Waals surface area contributed by atoms with Gasteiger partial charge in [-0.25, -0.2) is 0 Å². The van der Waals surface area contributed by atoms with Gasteiger partial charge in [-0.15, -0.1) is 0 Å². The molecule has 0 aromatic carbocycles. The third kappa shape index (κ3) is 2.46. The predicted molar refractivity (Wildman–Crippen MR) is 109 cm³/mol. The Labute approximate surface area is 167 Å². The lowest BCUT2D eigenvalue weighted by molar-refractivity contribution is -0.130. The lowest BCUT2D eigenvalue weighted by Gasteiger charge is -2.56. The number of nitrogens with zero attached hydrogens (tertiary/aromatic N) is 2. The largest absolute Gasteiger partial charge is 0.393 e. The summed E-state index contributed by atoms with van der Waals surface area (Å²) in [5, 5.41) is 14.4. The Balaban J connectivity index is 1.49. The van der Waals surface area contributed by atoms with Gasteiger partial charge in [0.2, 0.25) is 0 Å². The fourth-order valence-corrected chi connectivity index (χ4v) is 7.15. The van der Waals surface area contributed by atoms with Gasteiger partial charge in [0, 0.05) is 18.7 Å². The number of ketones is 1. The van der Waals surface area contributed by atoms with Crippen LogP contribution in [0.1, 0.15) is 64.5 Å². The van der Waals surface area contributed by atoms with Crippen LogP contribution in [0.4, 0.5) is 0 Å². The van der Waals surface area contributed by atoms with Gasteiger partial charge in [-0.3, -0.25) is 9.48 Å². The van der Waals surface area contributed by atoms with Crippen LogP contribution >= 0.6 is 0 Å². The average Bonchev–Trinajstić information content (AvgIpc) is 3.18. The molecule has 1 heterocycles. The number of hydrogen-bond acceptors (Lipinski definition) is 3. The second-order valence-corrected chi connectivity index (χ2v) is 10.2. The molecule has 4 heteroatoms. The summed E-state index contributed by atoms with van der Waals surface area (Å²) in [4.78, 5) is 13.4. The van der Waals surface area contributed by atoms with Crippen LogP contribution < -0.4 is 0 Å². The van der Waals surface area contributed by atoms with Crippen molar-refractivity contribution in [3.05, 3.63) is 35.2 Å². The highest BCUT2D eigenvalue weighted by atomic mass is 16.3. The molecule has 3 fully saturated rings. The van der Waals surface area contributed by atoms with Gasteiger partial charge in [0.1, 0.15) is 0 Å². The molecule has 4 nitrogen and oxygen atoms in total. The van der Waals surface area contributed by atoms with Crippen molar-refractivity contribution in [3.8, 4) is 0 Å². The number of rotatable bonds is 1. The van der Waals surface area contributed by atoms with E-state index in [0.717, 1.165) is 56.2 Å². The van der Waals surface area contributed by atoms with E-state index in [0.29, 0.717) is 23.5 Å². The first-order valence-electron chi connectivity index (χ1n) is 10.9. The third-order valence-corrected chi connectivity index (χ3v) is 8.90. The number of aliphatic hydroxyl groups excluding tert-OH is 1. The van der Waals surface area contributed by atoms with E-state index < -0.39 is 0 Å². The molecule has 0 saturated heterocycles. The normalized spacial score (nSPS) is 44.1. The second-order valence-electron chi connectivity index (χ2n) is 10.2. The summed E-state index contributed by atoms with van der Waals surface area (Å²) in [5.41, 5.74) is 3.52. The SMILES string of the molecule is Cn1nccc1/C=C1\CC2C3CC=C4CC(O)CCC4(C)C3CCC2(C)C1=O. The van der Waals surface area contributed by atoms with Crippen LogP contribution in [0.15, 0.2) is 29.5 Å². The summed E-state index contributed by atoms with van der Waals surface area (Å²) in [6.07, 6.45) is 13.1. The first-order valence-corrected chi connectivity index (χ1v) is 10.9. The van der Waals surface area contributed by atoms with Crippen molar-refractivity contribution < 1.29 is 9.90 Å². The standard InChI is InChI=1S/C24H32N2O2/c1-23-9-6-18(27)14-16(23)4-5-19-20(23)7-10-24(2)21(19)13-15(22(24)28)12-17-8-11-25-26(17)3/h4,8,11-12,18-21,27H,5-7,9-10,13-14H2,1-3H3/b15-12+. The summed E-state index contributed by atoms with van der Waals surface area (Å²) in [6.45, 7) is 4.67. The maximum Gasteiger partial charge on any atom is 0.165 e. The van der Waals surface area contributed by atoms with Gasteiger partial charge < -0.3 is 5.11 Å². The number of Topliss-reactive ketones (excluding diaryl/α,β-unsaturated/α-hetero) is 1. The van der Waals surface area contributed by atoms with Crippen molar-refractivity contribution in [2.45, 2.75) is 64.9 Å². The average molecular weight is 381 g/mol. The minimum Gasteiger partial charge on any atom is -0.393 e. The number of carbonyl (C=O) groups is 1. The first-order chi connectivity index (χ1) is 13.3. The minimum atomic E-state index is -0.207. The molecule has 6 unspecified atom stereocenters. The van der Waals surface area contributed by atoms with Crippen LogP contribution in [-0.2, 0) is 11.8 Å². The molecule has 0 aliphatic heterocycles. The lowest BCUT2D eigenvalue weighted by atomic mass is 9.48. The Bertz CT molecular complexity index is 881. The van der Waals surface area contributed by atoms with Crippen molar-refractivity contribution in [2.75, 3.05) is 0 Å². The molecule has 4 aliphatic carbocycles. The van der Waals surface area contributed by atoms with Gasteiger partial charge in [-0.2, -0.15) is 5.10 Å². The maximum atomic E-state index is 13.4. The molecule has 0 spiro atoms. The maximum absolute atomic E-state index is 13.4. The number of aliphatic hydroxyl groups is 1. The van der Waals surface area contributed by atoms with Crippen molar-refractivity contribution in [1.29, 1.82) is 0 Å². The molecular weight excluding hydrogens is 348 g/mol. The molecule has 1 aromatic heterocycles. The lowest BCUT2D eigenvalue weighted by Crippen LogP contribution is -2.50. The van der Waals surface area contributed by atoms with E-state index in [1.807, 2.05) is 17.8 Å². The van der Waals surface area contributed by atoms with Crippen LogP contribution in [0.2, 0.25) is 0 Å². The summed E-state index contributed by atoms with van der Waals surface area (Å²) >= 11 is 0. The van der Waals surface area contributed by atoms with E-state index in [4.69, 9.17) is 0 Å². The number of allylic oxidation sites excluding steroid dienone is 2. The van der Waals surface area contributed by atoms with Crippen LogP contribution in [-0.4, -0.2) is 26.8 Å². The molecule has 3 saturated carbocycles. The Morgan fingerprint density at radius 1 is 1.18 bits per heavy atom. The smallest absolute Gasteiger partial charge is 0.165 e. The van der Waals surface area contributed by atoms with Crippen LogP contribution in [0.5, 0.6) is 0 Å². The molecular formula is C24H32N2O2. The molecule has 0 amide bonds. The third-order valence-electron chi connectivity index (χ3n) is 8.90. The highest BCUT2D eigenvalue weighted by Gasteiger charge is 2.59. The number of hydrogen-bond donors (Lipinski definition) is 1. The summed E-state index contributed by atoms with van der Waals surface area (Å²) < 4.78 is 1.84. The zero-order valence-corrected chi connectivity index (χ0v) is 17.3. The molecule has 0 radical (unpaired) electrons. The molecule has 150 valence electrons. The molecule has 28 heavy (non-hydrogen) atoms. The zero-order chi connectivity index (χ0) is 19.7. The van der Waals surface area contributed by atoms with E-state index in [9.17, 15) is 9.90 Å². The molecule has 4 aliphatic rings. The highest BCUT2D eigenvalue weighted by Crippen LogP contribution is 2.64. The van der Waals surface area contributed by atoms with Gasteiger partial charge in [0.25, 0.3) is 0 Å². The number of carbonyl (C=O) groups excluding carboxylic acids is 1. The Morgan fingerprint density at radius 3 is 2.71 bits per heavy atom. The van der Waals surface area contributed by atoms with Crippen molar-refractivity contribution in [1.82, 2.24) is 9.78 Å². The van der Waals surface area contributed by atoms with Crippen LogP contribution in [0.25, 0.3) is 6.08 Å². The Hall–Kier alpha value is -1.68. The van der Waals surface area contributed by atoms with Crippen LogP contribution in [0.3, 0.4) is 0 Å². The van der Waals surface area contributed by atoms with Crippen molar-refractivity contribution >= 4 is 11.9 Å². The topological polar surface area (TPSA) is 55.1 Å². The summed E-state index contributed by atoms with van der Waals surface area (Å²) in [6, 6.07) is 1.98. The van der Waals surface area contributed by atoms with E-state index in [-0.39, 0.29) is 16.9 Å². The molecule has 6 atom stereocenters. The summed E-state index contributed by atoms with van der Waals surface area (Å²) in [5.74, 6) is 2.06. The molecule has 5 rings (SSSR count). The Kier molecular flexibility index (Phi) is 4.04. The number of fused-ring (bicyclic) bond motifs is 5. The quantitative estimate of drug-likeness (QED) is 0.583. The van der Waals surface area contributed by atoms with Gasteiger partial charge >= 0.3 is 0 Å². The fraction of sp³-hybridized carbons (Fsp3) is 0.667. The van der Waals surface area contributed by atoms with E-state index in [2.05, 4.69) is 31.1 Å². The van der Waals surface area contributed by atoms with Gasteiger partial charge in [0.15, 0.2) is 5.78 Å². The predicted octanol–water partition coefficient (Wildman–Crippen LogP) is 4.31. The van der Waals surface area contributed by atoms with E-state index >= 15 is 0 Å². The molecule has 1 aromatic rings. The van der Waals surface area contributed by atoms with E-state index in [1.165, 1.54) is 5.57 Å². The first kappa shape index (κ1) is 18.4. The summed E-state index contributed by atoms with van der Waals surface area (Å²) in [7, 11) is 1.93. The molecule has 0 bridgehead atoms. The Morgan fingerprint density at radius 2 is 1.96 bits per heavy atom. The second kappa shape index (κ2) is 6.16. The number of aromatic nitrogens is 2. The van der Waals surface area contributed by atoms with Gasteiger partial charge in [-0.05, 0) is 85.8 Å². The van der Waals surface area contributed by atoms with Gasteiger partial charge in [-0.1, -0.05) is 25.5 Å². The van der Waals surface area contributed by atoms with Crippen LogP contribution in [0, 0.1) is 28.6 Å². The minimum absolute atomic E-state index is 0.161. The van der Waals surface area contributed by atoms with Gasteiger partial charge in [0.05, 0.1) is 11.8 Å². The molecule has 1 N–H and O–H groups in total. The van der Waals surface area contributed by atoms with Crippen molar-refractivity contribution in [2.24, 2.45) is 35.6 Å². The fourth-order valence-electron chi connectivity index (χ4n) is 7.15. The van der Waals surface area contributed by atoms with Crippen molar-refractivity contribution in [3.63, 3.8) is 0 Å².